The van der Waals surface area contributed by atoms with Crippen molar-refractivity contribution in [3.8, 4) is 0 Å². The third-order valence-electron chi connectivity index (χ3n) is 3.70. The van der Waals surface area contributed by atoms with E-state index < -0.39 is 0 Å². The summed E-state index contributed by atoms with van der Waals surface area (Å²) in [6.07, 6.45) is 1.69. The molecule has 1 aromatic carbocycles. The minimum absolute atomic E-state index is 0.461. The summed E-state index contributed by atoms with van der Waals surface area (Å²) in [6.45, 7) is 5.19. The molecule has 0 spiro atoms. The van der Waals surface area contributed by atoms with Gasteiger partial charge >= 0.3 is 0 Å². The Labute approximate surface area is 123 Å². The highest BCUT2D eigenvalue weighted by Crippen LogP contribution is 2.26. The zero-order valence-electron chi connectivity index (χ0n) is 12.5. The highest BCUT2D eigenvalue weighted by Gasteiger charge is 2.15. The maximum Gasteiger partial charge on any atom is 0.150 e. The standard InChI is InChI=1S/C16H20N4O/c1-3-15-18-16(4-2)20(19-15)10-14-12(9-17)11-7-5-6-8-13(11)21-14/h5-8H,3-4,9-10,17H2,1-2H3. The summed E-state index contributed by atoms with van der Waals surface area (Å²) < 4.78 is 7.89. The van der Waals surface area contributed by atoms with Gasteiger partial charge in [-0.2, -0.15) is 5.10 Å². The van der Waals surface area contributed by atoms with Crippen LogP contribution in [0.1, 0.15) is 36.8 Å². The Morgan fingerprint density at radius 1 is 1.19 bits per heavy atom. The van der Waals surface area contributed by atoms with E-state index >= 15 is 0 Å². The highest BCUT2D eigenvalue weighted by atomic mass is 16.3. The van der Waals surface area contributed by atoms with Crippen LogP contribution < -0.4 is 5.73 Å². The van der Waals surface area contributed by atoms with E-state index in [2.05, 4.69) is 23.9 Å². The molecule has 0 unspecified atom stereocenters. The van der Waals surface area contributed by atoms with E-state index in [1.165, 1.54) is 0 Å². The monoisotopic (exact) mass is 284 g/mol. The number of aromatic nitrogens is 3. The molecule has 3 aromatic rings. The van der Waals surface area contributed by atoms with Gasteiger partial charge in [0, 0.05) is 30.3 Å². The van der Waals surface area contributed by atoms with Gasteiger partial charge in [-0.1, -0.05) is 32.0 Å². The van der Waals surface area contributed by atoms with Crippen molar-refractivity contribution in [2.45, 2.75) is 39.8 Å². The summed E-state index contributed by atoms with van der Waals surface area (Å²) >= 11 is 0. The predicted octanol–water partition coefficient (Wildman–Crippen LogP) is 2.66. The topological polar surface area (TPSA) is 69.9 Å². The molecule has 0 saturated carbocycles. The molecule has 0 amide bonds. The van der Waals surface area contributed by atoms with Crippen LogP contribution in [0.3, 0.4) is 0 Å². The second kappa shape index (κ2) is 5.69. The second-order valence-corrected chi connectivity index (χ2v) is 5.01. The Morgan fingerprint density at radius 3 is 2.71 bits per heavy atom. The molecule has 0 atom stereocenters. The van der Waals surface area contributed by atoms with Crippen LogP contribution in [-0.4, -0.2) is 14.8 Å². The van der Waals surface area contributed by atoms with Crippen molar-refractivity contribution < 1.29 is 4.42 Å². The van der Waals surface area contributed by atoms with E-state index in [1.54, 1.807) is 0 Å². The largest absolute Gasteiger partial charge is 0.459 e. The third kappa shape index (κ3) is 2.45. The molecule has 2 aromatic heterocycles. The van der Waals surface area contributed by atoms with E-state index in [0.717, 1.165) is 46.8 Å². The average Bonchev–Trinajstić information content (AvgIpc) is 3.07. The SMILES string of the molecule is CCc1nc(CC)n(Cc2oc3ccccc3c2CN)n1. The van der Waals surface area contributed by atoms with Crippen LogP contribution in [0.5, 0.6) is 0 Å². The highest BCUT2D eigenvalue weighted by molar-refractivity contribution is 5.82. The Hall–Kier alpha value is -2.14. The Bertz CT molecular complexity index is 757. The van der Waals surface area contributed by atoms with Gasteiger partial charge in [0.25, 0.3) is 0 Å². The molecular weight excluding hydrogens is 264 g/mol. The maximum atomic E-state index is 5.97. The second-order valence-electron chi connectivity index (χ2n) is 5.01. The fourth-order valence-corrected chi connectivity index (χ4v) is 2.60. The molecule has 2 N–H and O–H groups in total. The van der Waals surface area contributed by atoms with Crippen LogP contribution >= 0.6 is 0 Å². The van der Waals surface area contributed by atoms with Crippen LogP contribution in [0.2, 0.25) is 0 Å². The van der Waals surface area contributed by atoms with Gasteiger partial charge in [0.2, 0.25) is 0 Å². The number of nitrogens with two attached hydrogens (primary N) is 1. The van der Waals surface area contributed by atoms with Gasteiger partial charge in [-0.05, 0) is 6.07 Å². The lowest BCUT2D eigenvalue weighted by Crippen LogP contribution is -2.08. The number of nitrogens with zero attached hydrogens (tertiary/aromatic N) is 3. The minimum atomic E-state index is 0.461. The van der Waals surface area contributed by atoms with Crippen molar-refractivity contribution in [1.29, 1.82) is 0 Å². The molecule has 21 heavy (non-hydrogen) atoms. The number of para-hydroxylation sites is 1. The first-order chi connectivity index (χ1) is 10.3. The van der Waals surface area contributed by atoms with E-state index in [0.29, 0.717) is 13.1 Å². The molecule has 3 rings (SSSR count). The van der Waals surface area contributed by atoms with Crippen LogP contribution in [0.25, 0.3) is 11.0 Å². The van der Waals surface area contributed by atoms with Crippen molar-refractivity contribution in [3.05, 3.63) is 47.2 Å². The molecule has 0 aliphatic rings. The minimum Gasteiger partial charge on any atom is -0.459 e. The van der Waals surface area contributed by atoms with Crippen LogP contribution in [0.4, 0.5) is 0 Å². The van der Waals surface area contributed by atoms with Gasteiger partial charge in [0.15, 0.2) is 5.82 Å². The van der Waals surface area contributed by atoms with Crippen molar-refractivity contribution in [2.24, 2.45) is 5.73 Å². The third-order valence-corrected chi connectivity index (χ3v) is 3.70. The number of hydrogen-bond acceptors (Lipinski definition) is 4. The summed E-state index contributed by atoms with van der Waals surface area (Å²) in [6, 6.07) is 7.99. The van der Waals surface area contributed by atoms with Crippen molar-refractivity contribution in [1.82, 2.24) is 14.8 Å². The smallest absolute Gasteiger partial charge is 0.150 e. The summed E-state index contributed by atoms with van der Waals surface area (Å²) in [5, 5.41) is 5.63. The lowest BCUT2D eigenvalue weighted by Gasteiger charge is -2.03. The summed E-state index contributed by atoms with van der Waals surface area (Å²) in [5.41, 5.74) is 7.84. The van der Waals surface area contributed by atoms with Crippen molar-refractivity contribution in [2.75, 3.05) is 0 Å². The predicted molar refractivity (Wildman–Crippen MR) is 82.0 cm³/mol. The first-order valence-corrected chi connectivity index (χ1v) is 7.38. The molecule has 110 valence electrons. The fourth-order valence-electron chi connectivity index (χ4n) is 2.60. The van der Waals surface area contributed by atoms with Gasteiger partial charge < -0.3 is 10.2 Å². The van der Waals surface area contributed by atoms with Gasteiger partial charge in [-0.3, -0.25) is 0 Å². The van der Waals surface area contributed by atoms with Gasteiger partial charge in [0.1, 0.15) is 23.7 Å². The van der Waals surface area contributed by atoms with Crippen LogP contribution in [0.15, 0.2) is 28.7 Å². The molecular formula is C16H20N4O. The molecule has 0 fully saturated rings. The van der Waals surface area contributed by atoms with E-state index in [9.17, 15) is 0 Å². The molecule has 0 aliphatic carbocycles. The first-order valence-electron chi connectivity index (χ1n) is 7.38. The van der Waals surface area contributed by atoms with Crippen molar-refractivity contribution in [3.63, 3.8) is 0 Å². The van der Waals surface area contributed by atoms with Crippen molar-refractivity contribution >= 4 is 11.0 Å². The molecule has 2 heterocycles. The first kappa shape index (κ1) is 13.8. The zero-order chi connectivity index (χ0) is 14.8. The van der Waals surface area contributed by atoms with Gasteiger partial charge in [-0.25, -0.2) is 9.67 Å². The molecule has 5 nitrogen and oxygen atoms in total. The molecule has 0 radical (unpaired) electrons. The number of fused-ring (bicyclic) bond motifs is 1. The molecule has 0 saturated heterocycles. The lowest BCUT2D eigenvalue weighted by molar-refractivity contribution is 0.494. The average molecular weight is 284 g/mol. The number of aryl methyl sites for hydroxylation is 2. The Balaban J connectivity index is 2.03. The Kier molecular flexibility index (Phi) is 3.75. The number of hydrogen-bond donors (Lipinski definition) is 1. The quantitative estimate of drug-likeness (QED) is 0.782. The molecule has 5 heteroatoms. The summed E-state index contributed by atoms with van der Waals surface area (Å²) in [4.78, 5) is 4.53. The molecule has 0 aliphatic heterocycles. The molecule has 0 bridgehead atoms. The number of benzene rings is 1. The van der Waals surface area contributed by atoms with Crippen LogP contribution in [-0.2, 0) is 25.9 Å². The lowest BCUT2D eigenvalue weighted by atomic mass is 10.1. The normalized spacial score (nSPS) is 11.4. The van der Waals surface area contributed by atoms with Gasteiger partial charge in [-0.15, -0.1) is 0 Å². The maximum absolute atomic E-state index is 5.97. The number of furan rings is 1. The van der Waals surface area contributed by atoms with Gasteiger partial charge in [0.05, 0.1) is 0 Å². The Morgan fingerprint density at radius 2 is 2.00 bits per heavy atom. The summed E-state index contributed by atoms with van der Waals surface area (Å²) in [7, 11) is 0. The van der Waals surface area contributed by atoms with Crippen LogP contribution in [0, 0.1) is 0 Å². The van der Waals surface area contributed by atoms with E-state index in [1.807, 2.05) is 28.9 Å². The van der Waals surface area contributed by atoms with E-state index in [4.69, 9.17) is 10.2 Å². The number of rotatable bonds is 5. The summed E-state index contributed by atoms with van der Waals surface area (Å²) in [5.74, 6) is 2.73. The van der Waals surface area contributed by atoms with E-state index in [-0.39, 0.29) is 0 Å². The fraction of sp³-hybridized carbons (Fsp3) is 0.375. The zero-order valence-corrected chi connectivity index (χ0v) is 12.5.